The highest BCUT2D eigenvalue weighted by Crippen LogP contribution is 2.24. The summed E-state index contributed by atoms with van der Waals surface area (Å²) in [5, 5.41) is 17.5. The van der Waals surface area contributed by atoms with Crippen molar-refractivity contribution in [3.05, 3.63) is 84.3 Å². The molecule has 6 N–H and O–H groups in total. The average Bonchev–Trinajstić information content (AvgIpc) is 3.58. The van der Waals surface area contributed by atoms with Gasteiger partial charge >= 0.3 is 11.8 Å². The predicted molar refractivity (Wildman–Crippen MR) is 143 cm³/mol. The van der Waals surface area contributed by atoms with Gasteiger partial charge in [-0.3, -0.25) is 9.59 Å². The molecule has 0 aliphatic heterocycles. The van der Waals surface area contributed by atoms with E-state index in [0.29, 0.717) is 22.6 Å². The Bertz CT molecular complexity index is 1690. The summed E-state index contributed by atoms with van der Waals surface area (Å²) in [5.74, 6) is -0.901. The smallest absolute Gasteiger partial charge is 0.331 e. The first-order valence-electron chi connectivity index (χ1n) is 11.0. The Hall–Kier alpha value is -4.90. The molecule has 0 radical (unpaired) electrons. The Balaban J connectivity index is 1.27. The molecule has 0 saturated carbocycles. The van der Waals surface area contributed by atoms with Crippen molar-refractivity contribution in [1.29, 1.82) is 0 Å². The topological polar surface area (TPSA) is 230 Å². The molecule has 2 heterocycles. The number of primary sulfonamides is 2. The maximum Gasteiger partial charge on any atom is 0.331 e. The predicted octanol–water partition coefficient (Wildman–Crippen LogP) is 1.10. The minimum atomic E-state index is -3.82. The number of nitrogens with one attached hydrogen (secondary N) is 2. The van der Waals surface area contributed by atoms with E-state index in [9.17, 15) is 26.4 Å². The van der Waals surface area contributed by atoms with Crippen molar-refractivity contribution in [2.75, 3.05) is 0 Å². The zero-order valence-electron chi connectivity index (χ0n) is 20.2. The summed E-state index contributed by atoms with van der Waals surface area (Å²) in [7, 11) is -7.63. The fraction of sp³-hybridized carbons (Fsp3) is 0. The van der Waals surface area contributed by atoms with Crippen LogP contribution >= 0.6 is 0 Å². The van der Waals surface area contributed by atoms with Crippen LogP contribution in [0, 0.1) is 0 Å². The van der Waals surface area contributed by atoms with Crippen LogP contribution in [0.2, 0.25) is 0 Å². The second-order valence-electron chi connectivity index (χ2n) is 7.94. The molecule has 4 aromatic rings. The normalized spacial score (nSPS) is 12.2. The van der Waals surface area contributed by atoms with E-state index in [0.717, 1.165) is 12.4 Å². The molecule has 0 fully saturated rings. The summed E-state index contributed by atoms with van der Waals surface area (Å²) in [6.45, 7) is 0. The maximum atomic E-state index is 11.9. The van der Waals surface area contributed by atoms with Gasteiger partial charge in [-0.2, -0.15) is 10.2 Å². The molecule has 2 aromatic heterocycles. The Labute approximate surface area is 227 Å². The number of carbonyl (C=O) groups excluding carboxylic acids is 2. The molecule has 14 nitrogen and oxygen atoms in total. The molecule has 0 bridgehead atoms. The Kier molecular flexibility index (Phi) is 8.05. The lowest BCUT2D eigenvalue weighted by Gasteiger charge is -2.00. The number of benzene rings is 2. The number of nitrogens with two attached hydrogens (primary N) is 2. The Morgan fingerprint density at radius 3 is 1.27 bits per heavy atom. The van der Waals surface area contributed by atoms with Crippen LogP contribution in [0.3, 0.4) is 0 Å². The van der Waals surface area contributed by atoms with Crippen LogP contribution < -0.4 is 21.1 Å². The highest BCUT2D eigenvalue weighted by molar-refractivity contribution is 7.89. The second-order valence-corrected chi connectivity index (χ2v) is 11.1. The first kappa shape index (κ1) is 28.1. The molecule has 4 rings (SSSR count). The summed E-state index contributed by atoms with van der Waals surface area (Å²) in [4.78, 5) is 23.8. The maximum absolute atomic E-state index is 11.9. The molecular formula is C24H20N6O8S2. The zero-order valence-corrected chi connectivity index (χ0v) is 21.8. The molecule has 0 aliphatic rings. The lowest BCUT2D eigenvalue weighted by atomic mass is 10.2. The monoisotopic (exact) mass is 584 g/mol. The van der Waals surface area contributed by atoms with Crippen LogP contribution in [-0.2, 0) is 29.6 Å². The first-order chi connectivity index (χ1) is 18.9. The van der Waals surface area contributed by atoms with Crippen LogP contribution in [0.15, 0.2) is 102 Å². The molecule has 206 valence electrons. The standard InChI is InChI=1S/C24H20N6O8S2/c25-39(33,34)19-7-1-15(2-8-19)21-11-5-17(37-21)13-27-29-23(31)24(32)30-28-14-18-6-12-22(38-18)16-3-9-20(10-4-16)40(26,35)36/h1-14H,(H,29,31)(H,30,32)(H2,25,33,34)(H2,26,35,36)/b27-13-,28-14-. The number of nitrogens with zero attached hydrogens (tertiary/aromatic N) is 2. The number of hydrazone groups is 2. The van der Waals surface area contributed by atoms with Gasteiger partial charge in [0.25, 0.3) is 0 Å². The van der Waals surface area contributed by atoms with E-state index in [1.54, 1.807) is 24.3 Å². The van der Waals surface area contributed by atoms with Gasteiger partial charge in [0.05, 0.1) is 22.2 Å². The number of furan rings is 2. The van der Waals surface area contributed by atoms with E-state index in [1.165, 1.54) is 48.5 Å². The van der Waals surface area contributed by atoms with E-state index in [1.807, 2.05) is 10.9 Å². The molecule has 40 heavy (non-hydrogen) atoms. The van der Waals surface area contributed by atoms with Gasteiger partial charge in [-0.25, -0.2) is 38.0 Å². The van der Waals surface area contributed by atoms with Crippen LogP contribution in [0.1, 0.15) is 11.5 Å². The molecule has 2 amide bonds. The van der Waals surface area contributed by atoms with Gasteiger partial charge in [0.2, 0.25) is 20.0 Å². The van der Waals surface area contributed by atoms with Gasteiger partial charge in [0, 0.05) is 11.1 Å². The summed E-state index contributed by atoms with van der Waals surface area (Å²) in [6, 6.07) is 17.7. The lowest BCUT2D eigenvalue weighted by Crippen LogP contribution is -2.35. The summed E-state index contributed by atoms with van der Waals surface area (Å²) < 4.78 is 56.5. The number of hydrogen-bond acceptors (Lipinski definition) is 10. The van der Waals surface area contributed by atoms with Gasteiger partial charge in [-0.05, 0) is 72.8 Å². The number of sulfonamides is 2. The van der Waals surface area contributed by atoms with Crippen molar-refractivity contribution in [3.63, 3.8) is 0 Å². The van der Waals surface area contributed by atoms with Crippen molar-refractivity contribution in [2.24, 2.45) is 20.5 Å². The van der Waals surface area contributed by atoms with E-state index in [4.69, 9.17) is 19.1 Å². The van der Waals surface area contributed by atoms with Gasteiger partial charge in [-0.15, -0.1) is 0 Å². The molecule has 0 unspecified atom stereocenters. The highest BCUT2D eigenvalue weighted by atomic mass is 32.2. The summed E-state index contributed by atoms with van der Waals surface area (Å²) in [5.41, 5.74) is 5.21. The molecule has 16 heteroatoms. The van der Waals surface area contributed by atoms with E-state index in [-0.39, 0.29) is 21.3 Å². The SMILES string of the molecule is NS(=O)(=O)c1ccc(-c2ccc(/C=N\NC(=O)C(=O)N/N=C\c3ccc(-c4ccc(S(N)(=O)=O)cc4)o3)o2)cc1. The molecule has 0 saturated heterocycles. The molecule has 0 atom stereocenters. The Morgan fingerprint density at radius 2 is 0.950 bits per heavy atom. The van der Waals surface area contributed by atoms with Gasteiger partial charge in [0.15, 0.2) is 0 Å². The highest BCUT2D eigenvalue weighted by Gasteiger charge is 2.13. The summed E-state index contributed by atoms with van der Waals surface area (Å²) in [6.07, 6.45) is 2.33. The van der Waals surface area contributed by atoms with E-state index in [2.05, 4.69) is 10.2 Å². The van der Waals surface area contributed by atoms with E-state index < -0.39 is 31.9 Å². The second kappa shape index (κ2) is 11.5. The number of rotatable bonds is 8. The lowest BCUT2D eigenvalue weighted by molar-refractivity contribution is -0.139. The van der Waals surface area contributed by atoms with Crippen molar-refractivity contribution >= 4 is 44.3 Å². The van der Waals surface area contributed by atoms with Crippen molar-refractivity contribution in [1.82, 2.24) is 10.9 Å². The van der Waals surface area contributed by atoms with Crippen LogP contribution in [-0.4, -0.2) is 41.1 Å². The number of hydrogen-bond donors (Lipinski definition) is 4. The van der Waals surface area contributed by atoms with Crippen LogP contribution in [0.5, 0.6) is 0 Å². The average molecular weight is 585 g/mol. The summed E-state index contributed by atoms with van der Waals surface area (Å²) >= 11 is 0. The molecule has 2 aromatic carbocycles. The number of amides is 2. The Morgan fingerprint density at radius 1 is 0.600 bits per heavy atom. The first-order valence-corrected chi connectivity index (χ1v) is 14.1. The van der Waals surface area contributed by atoms with Crippen molar-refractivity contribution < 1.29 is 35.3 Å². The number of carbonyl (C=O) groups is 2. The fourth-order valence-corrected chi connectivity index (χ4v) is 4.21. The van der Waals surface area contributed by atoms with Crippen molar-refractivity contribution in [3.8, 4) is 22.6 Å². The minimum Gasteiger partial charge on any atom is -0.455 e. The van der Waals surface area contributed by atoms with Gasteiger partial charge < -0.3 is 8.83 Å². The quantitative estimate of drug-likeness (QED) is 0.133. The molecule has 0 spiro atoms. The molecule has 0 aliphatic carbocycles. The third kappa shape index (κ3) is 7.14. The third-order valence-corrected chi connectivity index (χ3v) is 6.97. The third-order valence-electron chi connectivity index (χ3n) is 5.11. The fourth-order valence-electron chi connectivity index (χ4n) is 3.18. The van der Waals surface area contributed by atoms with Gasteiger partial charge in [-0.1, -0.05) is 0 Å². The largest absolute Gasteiger partial charge is 0.455 e. The van der Waals surface area contributed by atoms with Crippen molar-refractivity contribution in [2.45, 2.75) is 9.79 Å². The van der Waals surface area contributed by atoms with Crippen LogP contribution in [0.4, 0.5) is 0 Å². The van der Waals surface area contributed by atoms with Crippen LogP contribution in [0.25, 0.3) is 22.6 Å². The molecular weight excluding hydrogens is 564 g/mol. The van der Waals surface area contributed by atoms with E-state index >= 15 is 0 Å². The van der Waals surface area contributed by atoms with Gasteiger partial charge in [0.1, 0.15) is 23.0 Å². The zero-order chi connectivity index (χ0) is 28.9. The minimum absolute atomic E-state index is 0.0427.